The van der Waals surface area contributed by atoms with Gasteiger partial charge in [0, 0.05) is 31.1 Å². The van der Waals surface area contributed by atoms with Crippen molar-refractivity contribution >= 4 is 22.6 Å². The molecule has 1 fully saturated rings. The number of aliphatic imine (C=N–C) groups is 1. The number of benzene rings is 1. The van der Waals surface area contributed by atoms with E-state index in [1.807, 2.05) is 0 Å². The molecule has 20 heavy (non-hydrogen) atoms. The van der Waals surface area contributed by atoms with E-state index in [1.54, 1.807) is 0 Å². The molecule has 3 nitrogen and oxygen atoms in total. The highest BCUT2D eigenvalue weighted by Gasteiger charge is 2.37. The number of ether oxygens (including phenoxy) is 1. The van der Waals surface area contributed by atoms with Gasteiger partial charge in [0.15, 0.2) is 16.8 Å². The summed E-state index contributed by atoms with van der Waals surface area (Å²) in [6, 6.07) is 1.30. The molecule has 7 heteroatoms. The second-order valence-electron chi connectivity index (χ2n) is 4.91. The largest absolute Gasteiger partial charge is 0.381 e. The lowest BCUT2D eigenvalue weighted by Crippen LogP contribution is -2.34. The zero-order valence-electron chi connectivity index (χ0n) is 10.6. The zero-order valence-corrected chi connectivity index (χ0v) is 11.4. The van der Waals surface area contributed by atoms with E-state index in [1.165, 1.54) is 11.8 Å². The van der Waals surface area contributed by atoms with Gasteiger partial charge in [0.05, 0.1) is 5.54 Å². The van der Waals surface area contributed by atoms with Gasteiger partial charge in [0.25, 0.3) is 0 Å². The van der Waals surface area contributed by atoms with Crippen molar-refractivity contribution < 1.29 is 17.9 Å². The number of nitrogens with one attached hydrogen (secondary N) is 1. The second kappa shape index (κ2) is 5.29. The van der Waals surface area contributed by atoms with Crippen LogP contribution in [-0.4, -0.2) is 29.7 Å². The normalized spacial score (nSPS) is 21.1. The Morgan fingerprint density at radius 3 is 2.45 bits per heavy atom. The Morgan fingerprint density at radius 1 is 1.15 bits per heavy atom. The minimum absolute atomic E-state index is 0.196. The number of anilines is 1. The van der Waals surface area contributed by atoms with Crippen molar-refractivity contribution in [1.82, 2.24) is 0 Å². The van der Waals surface area contributed by atoms with Crippen LogP contribution in [0.15, 0.2) is 17.1 Å². The third-order valence-electron chi connectivity index (χ3n) is 3.48. The molecule has 3 rings (SSSR count). The fourth-order valence-corrected chi connectivity index (χ4v) is 3.51. The number of halogens is 3. The molecule has 0 atom stereocenters. The van der Waals surface area contributed by atoms with Crippen molar-refractivity contribution in [3.05, 3.63) is 29.6 Å². The summed E-state index contributed by atoms with van der Waals surface area (Å²) in [4.78, 5) is 4.54. The SMILES string of the molecule is Fc1cc(F)c(NC2=NC3(CCOCC3)CS2)c(F)c1. The second-order valence-corrected chi connectivity index (χ2v) is 5.88. The van der Waals surface area contributed by atoms with Gasteiger partial charge in [0.2, 0.25) is 0 Å². The molecule has 1 aromatic rings. The van der Waals surface area contributed by atoms with Crippen molar-refractivity contribution in [2.75, 3.05) is 24.3 Å². The maximum atomic E-state index is 13.6. The number of thioether (sulfide) groups is 1. The summed E-state index contributed by atoms with van der Waals surface area (Å²) in [5.74, 6) is -2.09. The molecule has 0 amide bonds. The fraction of sp³-hybridized carbons (Fsp3) is 0.462. The van der Waals surface area contributed by atoms with Crippen molar-refractivity contribution in [3.63, 3.8) is 0 Å². The van der Waals surface area contributed by atoms with Crippen molar-refractivity contribution in [2.45, 2.75) is 18.4 Å². The molecular weight excluding hydrogens is 289 g/mol. The van der Waals surface area contributed by atoms with Gasteiger partial charge in [-0.2, -0.15) is 0 Å². The Kier molecular flexibility index (Phi) is 3.64. The monoisotopic (exact) mass is 302 g/mol. The summed E-state index contributed by atoms with van der Waals surface area (Å²) in [7, 11) is 0. The Bertz CT molecular complexity index is 536. The summed E-state index contributed by atoms with van der Waals surface area (Å²) in [6.45, 7) is 1.30. The molecule has 0 unspecified atom stereocenters. The average Bonchev–Trinajstić information content (AvgIpc) is 2.77. The molecule has 0 saturated carbocycles. The van der Waals surface area contributed by atoms with Gasteiger partial charge in [-0.3, -0.25) is 4.99 Å². The Morgan fingerprint density at radius 2 is 1.80 bits per heavy atom. The van der Waals surface area contributed by atoms with Crippen LogP contribution in [0.5, 0.6) is 0 Å². The number of amidine groups is 1. The van der Waals surface area contributed by atoms with E-state index in [-0.39, 0.29) is 11.2 Å². The molecule has 1 spiro atoms. The van der Waals surface area contributed by atoms with Gasteiger partial charge in [-0.25, -0.2) is 13.2 Å². The highest BCUT2D eigenvalue weighted by Crippen LogP contribution is 2.36. The van der Waals surface area contributed by atoms with Crippen LogP contribution in [-0.2, 0) is 4.74 Å². The van der Waals surface area contributed by atoms with Gasteiger partial charge in [-0.1, -0.05) is 11.8 Å². The molecule has 1 saturated heterocycles. The van der Waals surface area contributed by atoms with Gasteiger partial charge < -0.3 is 10.1 Å². The Hall–Kier alpha value is -1.21. The van der Waals surface area contributed by atoms with Crippen LogP contribution in [0.3, 0.4) is 0 Å². The first-order chi connectivity index (χ1) is 9.58. The lowest BCUT2D eigenvalue weighted by Gasteiger charge is -2.29. The van der Waals surface area contributed by atoms with E-state index in [9.17, 15) is 13.2 Å². The van der Waals surface area contributed by atoms with Gasteiger partial charge in [0.1, 0.15) is 11.5 Å². The summed E-state index contributed by atoms with van der Waals surface area (Å²) in [5, 5.41) is 3.10. The van der Waals surface area contributed by atoms with Crippen LogP contribution in [0, 0.1) is 17.5 Å². The lowest BCUT2D eigenvalue weighted by molar-refractivity contribution is 0.0624. The van der Waals surface area contributed by atoms with E-state index in [0.29, 0.717) is 30.5 Å². The van der Waals surface area contributed by atoms with Crippen LogP contribution in [0.25, 0.3) is 0 Å². The first-order valence-electron chi connectivity index (χ1n) is 6.30. The van der Waals surface area contributed by atoms with Gasteiger partial charge in [-0.05, 0) is 12.8 Å². The van der Waals surface area contributed by atoms with Crippen molar-refractivity contribution in [2.24, 2.45) is 4.99 Å². The highest BCUT2D eigenvalue weighted by atomic mass is 32.2. The number of hydrogen-bond donors (Lipinski definition) is 1. The fourth-order valence-electron chi connectivity index (χ4n) is 2.32. The standard InChI is InChI=1S/C13H13F3N2OS/c14-8-5-9(15)11(10(16)6-8)17-12-18-13(7-20-12)1-3-19-4-2-13/h5-6H,1-4,7H2,(H,17,18). The highest BCUT2D eigenvalue weighted by molar-refractivity contribution is 8.14. The molecule has 1 aromatic carbocycles. The van der Waals surface area contributed by atoms with Gasteiger partial charge >= 0.3 is 0 Å². The molecule has 108 valence electrons. The van der Waals surface area contributed by atoms with E-state index < -0.39 is 17.5 Å². The molecule has 0 radical (unpaired) electrons. The number of hydrogen-bond acceptors (Lipinski definition) is 4. The van der Waals surface area contributed by atoms with E-state index in [2.05, 4.69) is 10.3 Å². The van der Waals surface area contributed by atoms with E-state index in [0.717, 1.165) is 18.6 Å². The molecule has 1 N–H and O–H groups in total. The van der Waals surface area contributed by atoms with E-state index in [4.69, 9.17) is 4.74 Å². The summed E-state index contributed by atoms with van der Waals surface area (Å²) in [6.07, 6.45) is 1.61. The van der Waals surface area contributed by atoms with Crippen LogP contribution in [0.4, 0.5) is 18.9 Å². The van der Waals surface area contributed by atoms with Crippen LogP contribution >= 0.6 is 11.8 Å². The third-order valence-corrected chi connectivity index (χ3v) is 4.63. The summed E-state index contributed by atoms with van der Waals surface area (Å²) < 4.78 is 45.3. The number of nitrogens with zero attached hydrogens (tertiary/aromatic N) is 1. The lowest BCUT2D eigenvalue weighted by atomic mass is 9.93. The maximum Gasteiger partial charge on any atom is 0.161 e. The van der Waals surface area contributed by atoms with Crippen molar-refractivity contribution in [3.8, 4) is 0 Å². The molecule has 0 bridgehead atoms. The smallest absolute Gasteiger partial charge is 0.161 e. The molecular formula is C13H13F3N2OS. The minimum atomic E-state index is -0.960. The minimum Gasteiger partial charge on any atom is -0.381 e. The first kappa shape index (κ1) is 13.8. The van der Waals surface area contributed by atoms with Crippen LogP contribution < -0.4 is 5.32 Å². The van der Waals surface area contributed by atoms with E-state index >= 15 is 0 Å². The molecule has 0 aliphatic carbocycles. The predicted octanol–water partition coefficient (Wildman–Crippen LogP) is 3.17. The molecule has 2 aliphatic heterocycles. The first-order valence-corrected chi connectivity index (χ1v) is 7.29. The topological polar surface area (TPSA) is 33.6 Å². The van der Waals surface area contributed by atoms with Crippen molar-refractivity contribution in [1.29, 1.82) is 0 Å². The Balaban J connectivity index is 1.80. The predicted molar refractivity (Wildman–Crippen MR) is 72.6 cm³/mol. The van der Waals surface area contributed by atoms with Gasteiger partial charge in [-0.15, -0.1) is 0 Å². The third kappa shape index (κ3) is 2.64. The molecule has 2 aliphatic rings. The molecule has 0 aromatic heterocycles. The van der Waals surface area contributed by atoms with Crippen LogP contribution in [0.1, 0.15) is 12.8 Å². The summed E-state index contributed by atoms with van der Waals surface area (Å²) >= 11 is 1.42. The molecule has 2 heterocycles. The maximum absolute atomic E-state index is 13.6. The number of rotatable bonds is 1. The summed E-state index contributed by atoms with van der Waals surface area (Å²) in [5.41, 5.74) is -0.556. The zero-order chi connectivity index (χ0) is 14.2. The Labute approximate surface area is 118 Å². The van der Waals surface area contributed by atoms with Crippen LogP contribution in [0.2, 0.25) is 0 Å². The average molecular weight is 302 g/mol. The quantitative estimate of drug-likeness (QED) is 0.865.